The molecule has 1 aliphatic carbocycles. The molecule has 1 aliphatic heterocycles. The second kappa shape index (κ2) is 6.05. The number of hydrogen-bond acceptors (Lipinski definition) is 5. The Hall–Kier alpha value is -1.56. The number of amides is 1. The van der Waals surface area contributed by atoms with E-state index in [1.807, 2.05) is 11.9 Å². The minimum atomic E-state index is -0.0996. The summed E-state index contributed by atoms with van der Waals surface area (Å²) in [4.78, 5) is 27.2. The monoisotopic (exact) mass is 289 g/mol. The van der Waals surface area contributed by atoms with Crippen molar-refractivity contribution in [2.75, 3.05) is 7.05 Å². The molecule has 0 bridgehead atoms. The zero-order valence-corrected chi connectivity index (χ0v) is 12.7. The van der Waals surface area contributed by atoms with Gasteiger partial charge in [0.05, 0.1) is 12.6 Å². The number of rotatable bonds is 3. The molecule has 0 radical (unpaired) electrons. The molecule has 1 saturated heterocycles. The number of likely N-dealkylation sites (tertiary alicyclic amines) is 1. The number of nitrogens with zero attached hydrogens (tertiary/aromatic N) is 4. The highest BCUT2D eigenvalue weighted by molar-refractivity contribution is 5.82. The van der Waals surface area contributed by atoms with Crippen molar-refractivity contribution < 1.29 is 4.79 Å². The molecule has 4 atom stereocenters. The van der Waals surface area contributed by atoms with Crippen molar-refractivity contribution in [3.05, 3.63) is 18.5 Å². The molecular weight excluding hydrogens is 266 g/mol. The van der Waals surface area contributed by atoms with Gasteiger partial charge >= 0.3 is 0 Å². The molecule has 2 fully saturated rings. The molecular formula is C15H23N5O. The van der Waals surface area contributed by atoms with Gasteiger partial charge in [-0.3, -0.25) is 4.79 Å². The van der Waals surface area contributed by atoms with Crippen molar-refractivity contribution in [3.8, 4) is 0 Å². The predicted molar refractivity (Wildman–Crippen MR) is 78.1 cm³/mol. The maximum Gasteiger partial charge on any atom is 0.240 e. The summed E-state index contributed by atoms with van der Waals surface area (Å²) < 4.78 is 0. The van der Waals surface area contributed by atoms with Crippen LogP contribution in [0.3, 0.4) is 0 Å². The van der Waals surface area contributed by atoms with E-state index in [1.165, 1.54) is 25.5 Å². The van der Waals surface area contributed by atoms with E-state index in [9.17, 15) is 4.79 Å². The SMILES string of the molecule is CNC1C(=O)N(Cc2ncncn2)C2CCCC2CC1C. The van der Waals surface area contributed by atoms with Gasteiger partial charge in [0.25, 0.3) is 0 Å². The van der Waals surface area contributed by atoms with Gasteiger partial charge in [0, 0.05) is 6.04 Å². The zero-order valence-electron chi connectivity index (χ0n) is 12.7. The Morgan fingerprint density at radius 1 is 1.33 bits per heavy atom. The first-order valence-corrected chi connectivity index (χ1v) is 7.79. The number of likely N-dealkylation sites (N-methyl/N-ethyl adjacent to an activating group) is 1. The van der Waals surface area contributed by atoms with Crippen LogP contribution >= 0.6 is 0 Å². The van der Waals surface area contributed by atoms with Crippen LogP contribution in [-0.4, -0.2) is 44.9 Å². The molecule has 114 valence electrons. The Bertz CT molecular complexity index is 494. The highest BCUT2D eigenvalue weighted by Gasteiger charge is 2.43. The van der Waals surface area contributed by atoms with Crippen LogP contribution in [0, 0.1) is 11.8 Å². The van der Waals surface area contributed by atoms with Crippen LogP contribution in [-0.2, 0) is 11.3 Å². The van der Waals surface area contributed by atoms with Crippen molar-refractivity contribution in [2.45, 2.75) is 51.2 Å². The van der Waals surface area contributed by atoms with Gasteiger partial charge < -0.3 is 10.2 Å². The molecule has 1 amide bonds. The third kappa shape index (κ3) is 2.77. The number of hydrogen-bond donors (Lipinski definition) is 1. The van der Waals surface area contributed by atoms with Crippen LogP contribution in [0.1, 0.15) is 38.4 Å². The van der Waals surface area contributed by atoms with E-state index in [2.05, 4.69) is 27.2 Å². The second-order valence-electron chi connectivity index (χ2n) is 6.26. The lowest BCUT2D eigenvalue weighted by Crippen LogP contribution is -2.49. The summed E-state index contributed by atoms with van der Waals surface area (Å²) in [5.74, 6) is 1.86. The lowest BCUT2D eigenvalue weighted by Gasteiger charge is -2.31. The van der Waals surface area contributed by atoms with Crippen LogP contribution < -0.4 is 5.32 Å². The van der Waals surface area contributed by atoms with E-state index in [1.54, 1.807) is 0 Å². The number of nitrogens with one attached hydrogen (secondary N) is 1. The van der Waals surface area contributed by atoms with Crippen LogP contribution in [0.5, 0.6) is 0 Å². The number of fused-ring (bicyclic) bond motifs is 1. The minimum Gasteiger partial charge on any atom is -0.331 e. The number of carbonyl (C=O) groups excluding carboxylic acids is 1. The molecule has 2 heterocycles. The third-order valence-electron chi connectivity index (χ3n) is 4.98. The lowest BCUT2D eigenvalue weighted by molar-refractivity contribution is -0.136. The summed E-state index contributed by atoms with van der Waals surface area (Å²) in [6, 6.07) is 0.243. The molecule has 6 nitrogen and oxygen atoms in total. The molecule has 0 aromatic carbocycles. The summed E-state index contributed by atoms with van der Waals surface area (Å²) >= 11 is 0. The van der Waals surface area contributed by atoms with E-state index in [-0.39, 0.29) is 11.9 Å². The average Bonchev–Trinajstić information content (AvgIpc) is 2.91. The Kier molecular flexibility index (Phi) is 4.14. The molecule has 1 aromatic heterocycles. The number of carbonyl (C=O) groups is 1. The normalized spacial score (nSPS) is 32.9. The van der Waals surface area contributed by atoms with Crippen LogP contribution in [0.4, 0.5) is 0 Å². The van der Waals surface area contributed by atoms with Crippen molar-refractivity contribution in [1.29, 1.82) is 0 Å². The van der Waals surface area contributed by atoms with Crippen LogP contribution in [0.15, 0.2) is 12.7 Å². The van der Waals surface area contributed by atoms with Gasteiger partial charge in [-0.05, 0) is 38.1 Å². The lowest BCUT2D eigenvalue weighted by atomic mass is 9.90. The first-order valence-electron chi connectivity index (χ1n) is 7.79. The quantitative estimate of drug-likeness (QED) is 0.899. The van der Waals surface area contributed by atoms with Gasteiger partial charge in [0.15, 0.2) is 5.82 Å². The molecule has 4 unspecified atom stereocenters. The fourth-order valence-electron chi connectivity index (χ4n) is 4.00. The van der Waals surface area contributed by atoms with Gasteiger partial charge in [-0.1, -0.05) is 13.3 Å². The first-order chi connectivity index (χ1) is 10.2. The van der Waals surface area contributed by atoms with E-state index < -0.39 is 0 Å². The van der Waals surface area contributed by atoms with Gasteiger partial charge in [0.2, 0.25) is 5.91 Å². The standard InChI is InChI=1S/C15H23N5O/c1-10-6-11-4-3-5-12(11)20(15(21)14(10)16-2)7-13-18-8-17-9-19-13/h8-12,14,16H,3-7H2,1-2H3. The summed E-state index contributed by atoms with van der Waals surface area (Å²) in [5, 5.41) is 3.20. The highest BCUT2D eigenvalue weighted by atomic mass is 16.2. The summed E-state index contributed by atoms with van der Waals surface area (Å²) in [5.41, 5.74) is 0. The molecule has 2 aliphatic rings. The zero-order chi connectivity index (χ0) is 14.8. The van der Waals surface area contributed by atoms with E-state index in [0.717, 1.165) is 12.8 Å². The molecule has 1 aromatic rings. The Labute approximate surface area is 125 Å². The second-order valence-corrected chi connectivity index (χ2v) is 6.26. The fraction of sp³-hybridized carbons (Fsp3) is 0.733. The first kappa shape index (κ1) is 14.4. The third-order valence-corrected chi connectivity index (χ3v) is 4.98. The van der Waals surface area contributed by atoms with Crippen LogP contribution in [0.25, 0.3) is 0 Å². The molecule has 21 heavy (non-hydrogen) atoms. The van der Waals surface area contributed by atoms with E-state index in [4.69, 9.17) is 0 Å². The molecule has 0 spiro atoms. The summed E-state index contributed by atoms with van der Waals surface area (Å²) in [6.45, 7) is 2.67. The van der Waals surface area contributed by atoms with Crippen molar-refractivity contribution in [3.63, 3.8) is 0 Å². The van der Waals surface area contributed by atoms with Gasteiger partial charge in [-0.15, -0.1) is 0 Å². The Morgan fingerprint density at radius 2 is 2.10 bits per heavy atom. The highest BCUT2D eigenvalue weighted by Crippen LogP contribution is 2.38. The smallest absolute Gasteiger partial charge is 0.240 e. The van der Waals surface area contributed by atoms with Crippen molar-refractivity contribution >= 4 is 5.91 Å². The van der Waals surface area contributed by atoms with Gasteiger partial charge in [-0.2, -0.15) is 0 Å². The number of aromatic nitrogens is 3. The van der Waals surface area contributed by atoms with E-state index >= 15 is 0 Å². The largest absolute Gasteiger partial charge is 0.331 e. The summed E-state index contributed by atoms with van der Waals surface area (Å²) in [6.07, 6.45) is 7.66. The Balaban J connectivity index is 1.88. The molecule has 3 rings (SSSR count). The average molecular weight is 289 g/mol. The van der Waals surface area contributed by atoms with Gasteiger partial charge in [-0.25, -0.2) is 15.0 Å². The maximum atomic E-state index is 12.9. The Morgan fingerprint density at radius 3 is 2.81 bits per heavy atom. The van der Waals surface area contributed by atoms with Crippen LogP contribution in [0.2, 0.25) is 0 Å². The van der Waals surface area contributed by atoms with Gasteiger partial charge in [0.1, 0.15) is 12.7 Å². The summed E-state index contributed by atoms with van der Waals surface area (Å²) in [7, 11) is 1.88. The molecule has 1 saturated carbocycles. The topological polar surface area (TPSA) is 71.0 Å². The molecule has 6 heteroatoms. The van der Waals surface area contributed by atoms with E-state index in [0.29, 0.717) is 30.2 Å². The maximum absolute atomic E-state index is 12.9. The van der Waals surface area contributed by atoms with Crippen molar-refractivity contribution in [1.82, 2.24) is 25.2 Å². The molecule has 1 N–H and O–H groups in total. The van der Waals surface area contributed by atoms with Crippen molar-refractivity contribution in [2.24, 2.45) is 11.8 Å². The fourth-order valence-corrected chi connectivity index (χ4v) is 4.00. The predicted octanol–water partition coefficient (Wildman–Crippen LogP) is 0.997. The minimum absolute atomic E-state index is 0.0996.